The van der Waals surface area contributed by atoms with Gasteiger partial charge in [0, 0.05) is 30.3 Å². The van der Waals surface area contributed by atoms with Gasteiger partial charge >= 0.3 is 11.6 Å². The van der Waals surface area contributed by atoms with E-state index in [0.29, 0.717) is 23.6 Å². The van der Waals surface area contributed by atoms with Gasteiger partial charge in [0.15, 0.2) is 0 Å². The van der Waals surface area contributed by atoms with Gasteiger partial charge in [-0.05, 0) is 24.1 Å². The molecule has 0 aliphatic rings. The predicted molar refractivity (Wildman–Crippen MR) is 68.2 cm³/mol. The average molecular weight is 267 g/mol. The number of hydrogen-bond acceptors (Lipinski definition) is 4. The highest BCUT2D eigenvalue weighted by atomic mass is 35.5. The molecule has 0 fully saturated rings. The van der Waals surface area contributed by atoms with Gasteiger partial charge in [0.1, 0.15) is 11.3 Å². The van der Waals surface area contributed by atoms with E-state index < -0.39 is 11.6 Å². The van der Waals surface area contributed by atoms with Crippen LogP contribution in [0.4, 0.5) is 0 Å². The van der Waals surface area contributed by atoms with Crippen LogP contribution in [0.3, 0.4) is 0 Å². The zero-order valence-corrected chi connectivity index (χ0v) is 10.5. The molecule has 1 aromatic heterocycles. The Morgan fingerprint density at radius 1 is 1.39 bits per heavy atom. The lowest BCUT2D eigenvalue weighted by Crippen LogP contribution is -2.03. The molecule has 0 aliphatic carbocycles. The van der Waals surface area contributed by atoms with Gasteiger partial charge in [-0.3, -0.25) is 4.79 Å². The van der Waals surface area contributed by atoms with Crippen molar-refractivity contribution in [1.82, 2.24) is 0 Å². The molecule has 1 aromatic carbocycles. The quantitative estimate of drug-likeness (QED) is 0.371. The summed E-state index contributed by atoms with van der Waals surface area (Å²) in [7, 11) is 0. The Morgan fingerprint density at radius 3 is 2.83 bits per heavy atom. The van der Waals surface area contributed by atoms with Crippen LogP contribution in [0.1, 0.15) is 12.5 Å². The van der Waals surface area contributed by atoms with Crippen molar-refractivity contribution in [2.24, 2.45) is 0 Å². The molecule has 0 N–H and O–H groups in total. The van der Waals surface area contributed by atoms with E-state index >= 15 is 0 Å². The van der Waals surface area contributed by atoms with Crippen LogP contribution in [0, 0.1) is 0 Å². The average Bonchev–Trinajstić information content (AvgIpc) is 2.27. The Hall–Kier alpha value is -1.81. The van der Waals surface area contributed by atoms with E-state index in [2.05, 4.69) is 0 Å². The first kappa shape index (κ1) is 12.6. The van der Waals surface area contributed by atoms with Gasteiger partial charge in [-0.1, -0.05) is 0 Å². The van der Waals surface area contributed by atoms with Gasteiger partial charge in [-0.15, -0.1) is 11.6 Å². The first-order chi connectivity index (χ1) is 8.60. The second-order valence-corrected chi connectivity index (χ2v) is 4.16. The molecule has 4 nitrogen and oxygen atoms in total. The first-order valence-corrected chi connectivity index (χ1v) is 5.95. The summed E-state index contributed by atoms with van der Waals surface area (Å²) in [4.78, 5) is 22.2. The summed E-state index contributed by atoms with van der Waals surface area (Å²) in [5.41, 5.74) is 0.773. The molecular weight excluding hydrogens is 256 g/mol. The van der Waals surface area contributed by atoms with Crippen molar-refractivity contribution >= 4 is 28.5 Å². The maximum absolute atomic E-state index is 11.4. The fourth-order valence-corrected chi connectivity index (χ4v) is 1.95. The zero-order valence-electron chi connectivity index (χ0n) is 9.73. The Balaban J connectivity index is 2.56. The van der Waals surface area contributed by atoms with Crippen molar-refractivity contribution in [2.75, 3.05) is 5.88 Å². The molecule has 2 rings (SSSR count). The van der Waals surface area contributed by atoms with Crippen molar-refractivity contribution in [3.05, 3.63) is 40.2 Å². The fourth-order valence-electron chi connectivity index (χ4n) is 1.75. The number of aryl methyl sites for hydroxylation is 1. The molecule has 18 heavy (non-hydrogen) atoms. The van der Waals surface area contributed by atoms with Crippen molar-refractivity contribution in [1.29, 1.82) is 0 Å². The maximum atomic E-state index is 11.4. The van der Waals surface area contributed by atoms with Crippen LogP contribution in [0.25, 0.3) is 11.0 Å². The van der Waals surface area contributed by atoms with E-state index in [1.54, 1.807) is 12.1 Å². The summed E-state index contributed by atoms with van der Waals surface area (Å²) < 4.78 is 10.0. The topological polar surface area (TPSA) is 56.5 Å². The second-order valence-electron chi connectivity index (χ2n) is 3.78. The van der Waals surface area contributed by atoms with Crippen LogP contribution in [-0.2, 0) is 11.2 Å². The van der Waals surface area contributed by atoms with Crippen LogP contribution >= 0.6 is 11.6 Å². The number of halogens is 1. The minimum atomic E-state index is -0.442. The molecule has 0 saturated carbocycles. The number of carbonyl (C=O) groups is 1. The lowest BCUT2D eigenvalue weighted by atomic mass is 10.1. The summed E-state index contributed by atoms with van der Waals surface area (Å²) in [5.74, 6) is 0.347. The highest BCUT2D eigenvalue weighted by Gasteiger charge is 2.07. The monoisotopic (exact) mass is 266 g/mol. The van der Waals surface area contributed by atoms with E-state index in [1.165, 1.54) is 19.1 Å². The van der Waals surface area contributed by atoms with Gasteiger partial charge in [-0.25, -0.2) is 4.79 Å². The molecule has 1 heterocycles. The van der Waals surface area contributed by atoms with Crippen LogP contribution in [0.5, 0.6) is 5.75 Å². The SMILES string of the molecule is CC(=O)Oc1ccc2c(CCCl)cc(=O)oc2c1. The van der Waals surface area contributed by atoms with Crippen molar-refractivity contribution in [2.45, 2.75) is 13.3 Å². The standard InChI is InChI=1S/C13H11ClO4/c1-8(15)17-10-2-3-11-9(4-5-14)6-13(16)18-12(11)7-10/h2-3,6-7H,4-5H2,1H3. The normalized spacial score (nSPS) is 10.6. The van der Waals surface area contributed by atoms with Gasteiger partial charge in [0.2, 0.25) is 0 Å². The molecular formula is C13H11ClO4. The molecule has 0 saturated heterocycles. The van der Waals surface area contributed by atoms with Crippen LogP contribution in [0.15, 0.2) is 33.5 Å². The Bertz CT molecular complexity index is 645. The predicted octanol–water partition coefficient (Wildman–Crippen LogP) is 2.50. The largest absolute Gasteiger partial charge is 0.427 e. The van der Waals surface area contributed by atoms with E-state index in [0.717, 1.165) is 10.9 Å². The Labute approximate surface area is 108 Å². The maximum Gasteiger partial charge on any atom is 0.336 e. The molecule has 0 aliphatic heterocycles. The number of hydrogen-bond donors (Lipinski definition) is 0. The number of rotatable bonds is 3. The van der Waals surface area contributed by atoms with Crippen LogP contribution in [-0.4, -0.2) is 11.8 Å². The highest BCUT2D eigenvalue weighted by Crippen LogP contribution is 2.23. The van der Waals surface area contributed by atoms with Gasteiger partial charge in [0.05, 0.1) is 0 Å². The number of fused-ring (bicyclic) bond motifs is 1. The van der Waals surface area contributed by atoms with E-state index in [4.69, 9.17) is 20.8 Å². The zero-order chi connectivity index (χ0) is 13.1. The molecule has 0 amide bonds. The van der Waals surface area contributed by atoms with E-state index in [1.807, 2.05) is 0 Å². The summed E-state index contributed by atoms with van der Waals surface area (Å²) in [6.45, 7) is 1.31. The number of benzene rings is 1. The van der Waals surface area contributed by atoms with Gasteiger partial charge < -0.3 is 9.15 Å². The third kappa shape index (κ3) is 2.71. The van der Waals surface area contributed by atoms with Crippen LogP contribution < -0.4 is 10.4 Å². The molecule has 94 valence electrons. The molecule has 2 aromatic rings. The molecule has 0 atom stereocenters. The summed E-state index contributed by atoms with van der Waals surface area (Å²) in [6.07, 6.45) is 0.580. The Morgan fingerprint density at radius 2 is 2.17 bits per heavy atom. The smallest absolute Gasteiger partial charge is 0.336 e. The lowest BCUT2D eigenvalue weighted by molar-refractivity contribution is -0.131. The Kier molecular flexibility index (Phi) is 3.67. The molecule has 0 unspecified atom stereocenters. The first-order valence-electron chi connectivity index (χ1n) is 5.41. The minimum Gasteiger partial charge on any atom is -0.427 e. The number of alkyl halides is 1. The van der Waals surface area contributed by atoms with Gasteiger partial charge in [0.25, 0.3) is 0 Å². The van der Waals surface area contributed by atoms with Crippen LogP contribution in [0.2, 0.25) is 0 Å². The fraction of sp³-hybridized carbons (Fsp3) is 0.231. The number of ether oxygens (including phenoxy) is 1. The van der Waals surface area contributed by atoms with Crippen molar-refractivity contribution in [3.63, 3.8) is 0 Å². The number of esters is 1. The van der Waals surface area contributed by atoms with E-state index in [-0.39, 0.29) is 0 Å². The van der Waals surface area contributed by atoms with Crippen molar-refractivity contribution in [3.8, 4) is 5.75 Å². The molecule has 0 spiro atoms. The summed E-state index contributed by atoms with van der Waals surface area (Å²) in [6, 6.07) is 6.35. The lowest BCUT2D eigenvalue weighted by Gasteiger charge is -2.05. The molecule has 0 radical (unpaired) electrons. The third-order valence-corrected chi connectivity index (χ3v) is 2.62. The molecule has 5 heteroatoms. The summed E-state index contributed by atoms with van der Waals surface area (Å²) in [5, 5.41) is 0.797. The van der Waals surface area contributed by atoms with Crippen molar-refractivity contribution < 1.29 is 13.9 Å². The number of carbonyl (C=O) groups excluding carboxylic acids is 1. The second kappa shape index (κ2) is 5.23. The van der Waals surface area contributed by atoms with Gasteiger partial charge in [-0.2, -0.15) is 0 Å². The summed E-state index contributed by atoms with van der Waals surface area (Å²) >= 11 is 5.69. The molecule has 0 bridgehead atoms. The van der Waals surface area contributed by atoms with E-state index in [9.17, 15) is 9.59 Å². The minimum absolute atomic E-state index is 0.348. The third-order valence-electron chi connectivity index (χ3n) is 2.43. The highest BCUT2D eigenvalue weighted by molar-refractivity contribution is 6.18.